The Hall–Kier alpha value is -4.97. The first-order valence-electron chi connectivity index (χ1n) is 15.2. The summed E-state index contributed by atoms with van der Waals surface area (Å²) in [4.78, 5) is 48.6. The molecular formula is C34H34B2N4O6S. The Morgan fingerprint density at radius 1 is 0.574 bits per heavy atom. The third-order valence-corrected chi connectivity index (χ3v) is 8.96. The Morgan fingerprint density at radius 2 is 0.957 bits per heavy atom. The minimum Gasteiger partial charge on any atom is -0.525 e. The van der Waals surface area contributed by atoms with Crippen molar-refractivity contribution in [2.24, 2.45) is 22.9 Å². The van der Waals surface area contributed by atoms with Gasteiger partial charge in [-0.05, 0) is 57.6 Å². The van der Waals surface area contributed by atoms with Gasteiger partial charge in [0.1, 0.15) is 12.1 Å². The number of carbonyl (C=O) groups is 4. The molecule has 1 aromatic heterocycles. The number of thiophene rings is 1. The number of benzene rings is 4. The van der Waals surface area contributed by atoms with Crippen molar-refractivity contribution in [3.05, 3.63) is 97.1 Å². The van der Waals surface area contributed by atoms with E-state index in [1.54, 1.807) is 11.3 Å². The van der Waals surface area contributed by atoms with Gasteiger partial charge in [-0.15, -0.1) is 11.3 Å². The van der Waals surface area contributed by atoms with Crippen LogP contribution in [-0.2, 0) is 28.5 Å². The number of hydrogen-bond acceptors (Lipinski definition) is 9. The lowest BCUT2D eigenvalue weighted by Crippen LogP contribution is -2.49. The second-order valence-corrected chi connectivity index (χ2v) is 12.4. The predicted octanol–water partition coefficient (Wildman–Crippen LogP) is 0.538. The summed E-state index contributed by atoms with van der Waals surface area (Å²) in [5, 5.41) is 1.85. The highest BCUT2D eigenvalue weighted by molar-refractivity contribution is 7.25. The highest BCUT2D eigenvalue weighted by Crippen LogP contribution is 2.32. The monoisotopic (exact) mass is 648 g/mol. The maximum absolute atomic E-state index is 13.0. The molecule has 0 spiro atoms. The Bertz CT molecular complexity index is 1770. The maximum Gasteiger partial charge on any atom is 0.429 e. The van der Waals surface area contributed by atoms with E-state index in [0.717, 1.165) is 42.0 Å². The summed E-state index contributed by atoms with van der Waals surface area (Å²) >= 11 is 1.61. The zero-order chi connectivity index (χ0) is 33.5. The quantitative estimate of drug-likeness (QED) is 0.126. The smallest absolute Gasteiger partial charge is 0.429 e. The normalized spacial score (nSPS) is 12.3. The van der Waals surface area contributed by atoms with Crippen molar-refractivity contribution < 1.29 is 28.5 Å². The van der Waals surface area contributed by atoms with Crippen LogP contribution in [-0.4, -0.2) is 49.7 Å². The van der Waals surface area contributed by atoms with Crippen LogP contribution in [0.2, 0.25) is 0 Å². The lowest BCUT2D eigenvalue weighted by atomic mass is 9.54. The van der Waals surface area contributed by atoms with E-state index in [1.807, 2.05) is 97.1 Å². The largest absolute Gasteiger partial charge is 0.525 e. The van der Waals surface area contributed by atoms with Crippen molar-refractivity contribution in [1.82, 2.24) is 0 Å². The summed E-state index contributed by atoms with van der Waals surface area (Å²) in [6.45, 7) is -1.52. The highest BCUT2D eigenvalue weighted by Gasteiger charge is 2.31. The number of fused-ring (bicyclic) bond motifs is 3. The third kappa shape index (κ3) is 8.25. The van der Waals surface area contributed by atoms with E-state index in [1.165, 1.54) is 0 Å². The van der Waals surface area contributed by atoms with Crippen molar-refractivity contribution in [2.75, 3.05) is 0 Å². The van der Waals surface area contributed by atoms with Crippen LogP contribution in [0.15, 0.2) is 97.1 Å². The fraction of sp³-hybridized carbons (Fsp3) is 0.176. The number of rotatable bonds is 14. The summed E-state index contributed by atoms with van der Waals surface area (Å²) in [5.74, 6) is -2.37. The number of nitrogens with two attached hydrogens (primary N) is 4. The Labute approximate surface area is 276 Å². The van der Waals surface area contributed by atoms with Crippen LogP contribution in [0.25, 0.3) is 20.2 Å². The number of hydrogen-bond donors (Lipinski definition) is 4. The van der Waals surface area contributed by atoms with Crippen LogP contribution in [0.1, 0.15) is 25.7 Å². The number of carbonyl (C=O) groups excluding carboxylic acids is 4. The maximum atomic E-state index is 13.0. The van der Waals surface area contributed by atoms with Gasteiger partial charge < -0.3 is 32.2 Å². The third-order valence-electron chi connectivity index (χ3n) is 7.80. The summed E-state index contributed by atoms with van der Waals surface area (Å²) in [6.07, 6.45) is 0.103. The zero-order valence-electron chi connectivity index (χ0n) is 25.5. The fourth-order valence-electron chi connectivity index (χ4n) is 5.29. The first-order valence-corrected chi connectivity index (χ1v) is 16.0. The molecule has 0 fully saturated rings. The van der Waals surface area contributed by atoms with Crippen LogP contribution < -0.4 is 44.8 Å². The van der Waals surface area contributed by atoms with Gasteiger partial charge in [-0.3, -0.25) is 19.2 Å². The average Bonchev–Trinajstić information content (AvgIpc) is 3.45. The summed E-state index contributed by atoms with van der Waals surface area (Å²) in [7, 11) is 0. The van der Waals surface area contributed by atoms with E-state index in [0.29, 0.717) is 0 Å². The van der Waals surface area contributed by atoms with Gasteiger partial charge in [0.2, 0.25) is 11.8 Å². The van der Waals surface area contributed by atoms with Gasteiger partial charge in [0.15, 0.2) is 0 Å². The van der Waals surface area contributed by atoms with E-state index >= 15 is 0 Å². The second kappa shape index (κ2) is 15.1. The van der Waals surface area contributed by atoms with Crippen molar-refractivity contribution in [3.8, 4) is 0 Å². The van der Waals surface area contributed by atoms with Crippen molar-refractivity contribution in [1.29, 1.82) is 0 Å². The second-order valence-electron chi connectivity index (χ2n) is 11.3. The molecule has 13 heteroatoms. The number of amides is 2. The predicted molar refractivity (Wildman–Crippen MR) is 187 cm³/mol. The van der Waals surface area contributed by atoms with Gasteiger partial charge in [-0.25, -0.2) is 0 Å². The van der Waals surface area contributed by atoms with Crippen LogP contribution in [0, 0.1) is 0 Å². The molecule has 2 atom stereocenters. The van der Waals surface area contributed by atoms with E-state index in [-0.39, 0.29) is 25.7 Å². The molecule has 8 N–H and O–H groups in total. The van der Waals surface area contributed by atoms with Crippen LogP contribution in [0.4, 0.5) is 0 Å². The number of primary amides is 2. The van der Waals surface area contributed by atoms with Gasteiger partial charge in [0.25, 0.3) is 0 Å². The molecule has 5 rings (SSSR count). The zero-order valence-corrected chi connectivity index (χ0v) is 26.4. The lowest BCUT2D eigenvalue weighted by Gasteiger charge is -2.19. The van der Waals surface area contributed by atoms with Crippen molar-refractivity contribution in [2.45, 2.75) is 37.8 Å². The van der Waals surface area contributed by atoms with Gasteiger partial charge in [-0.2, -0.15) is 0 Å². The van der Waals surface area contributed by atoms with Gasteiger partial charge >= 0.3 is 25.8 Å². The Balaban J connectivity index is 1.52. The molecule has 0 bridgehead atoms. The summed E-state index contributed by atoms with van der Waals surface area (Å²) in [6, 6.07) is 28.4. The van der Waals surface area contributed by atoms with Crippen LogP contribution in [0.3, 0.4) is 0 Å². The molecule has 4 aromatic carbocycles. The Kier molecular flexibility index (Phi) is 10.7. The lowest BCUT2D eigenvalue weighted by molar-refractivity contribution is -0.137. The Morgan fingerprint density at radius 3 is 1.32 bits per heavy atom. The molecule has 0 aliphatic rings. The van der Waals surface area contributed by atoms with Gasteiger partial charge in [-0.1, -0.05) is 84.9 Å². The van der Waals surface area contributed by atoms with Crippen LogP contribution >= 0.6 is 11.3 Å². The first kappa shape index (κ1) is 33.4. The minimum absolute atomic E-state index is 0.0277. The van der Waals surface area contributed by atoms with Gasteiger partial charge in [0, 0.05) is 22.2 Å². The molecular weight excluding hydrogens is 614 g/mol. The molecule has 0 saturated carbocycles. The summed E-state index contributed by atoms with van der Waals surface area (Å²) < 4.78 is 14.0. The van der Waals surface area contributed by atoms with Crippen molar-refractivity contribution >= 4 is 90.9 Å². The van der Waals surface area contributed by atoms with E-state index in [4.69, 9.17) is 32.2 Å². The van der Waals surface area contributed by atoms with E-state index in [9.17, 15) is 19.2 Å². The highest BCUT2D eigenvalue weighted by atomic mass is 32.1. The molecule has 0 aliphatic heterocycles. The SMILES string of the molecule is NC(=O)CCC(N)C(=O)OB(c1ccccc1)c1ccc2sc3ccc(B(OC(=O)C(N)CCC(N)=O)c4ccccc4)cc3c2c1. The molecule has 1 heterocycles. The molecule has 0 radical (unpaired) electrons. The molecule has 10 nitrogen and oxygen atoms in total. The molecule has 238 valence electrons. The molecule has 47 heavy (non-hydrogen) atoms. The summed E-state index contributed by atoms with van der Waals surface area (Å²) in [5.41, 5.74) is 25.6. The van der Waals surface area contributed by atoms with Crippen molar-refractivity contribution in [3.63, 3.8) is 0 Å². The standard InChI is InChI=1S/C34H34B2N4O6S/c37-27(13-17-31(39)41)33(43)45-35(21-7-3-1-4-8-21)23-11-15-29-25(19-23)26-20-24(12-16-30(26)47-29)36(22-9-5-2-6-10-22)46-34(44)28(38)14-18-32(40)42/h1-12,15-16,19-20,27-28H,13-14,17-18,37-38H2,(H2,39,41)(H2,40,42). The average molecular weight is 648 g/mol. The molecule has 0 saturated heterocycles. The van der Waals surface area contributed by atoms with Crippen LogP contribution in [0.5, 0.6) is 0 Å². The molecule has 0 aliphatic carbocycles. The molecule has 2 amide bonds. The first-order chi connectivity index (χ1) is 22.6. The molecule has 5 aromatic rings. The fourth-order valence-corrected chi connectivity index (χ4v) is 6.36. The minimum atomic E-state index is -1.01. The van der Waals surface area contributed by atoms with Gasteiger partial charge in [0.05, 0.1) is 0 Å². The molecule has 2 unspecified atom stereocenters. The van der Waals surface area contributed by atoms with E-state index in [2.05, 4.69) is 0 Å². The van der Waals surface area contributed by atoms with E-state index < -0.39 is 49.7 Å². The topological polar surface area (TPSA) is 191 Å².